The van der Waals surface area contributed by atoms with Gasteiger partial charge in [0.25, 0.3) is 12.1 Å². The molecule has 2 fully saturated rings. The fourth-order valence-electron chi connectivity index (χ4n) is 4.83. The molecule has 0 aliphatic carbocycles. The minimum Gasteiger partial charge on any atom is -0.387 e. The van der Waals surface area contributed by atoms with Crippen molar-refractivity contribution in [1.29, 1.82) is 0 Å². The molecule has 28 heteroatoms. The van der Waals surface area contributed by atoms with Crippen LogP contribution in [0.2, 0.25) is 0 Å². The molecule has 0 spiro atoms. The van der Waals surface area contributed by atoms with Crippen molar-refractivity contribution in [3.63, 3.8) is 0 Å². The van der Waals surface area contributed by atoms with Gasteiger partial charge in [-0.1, -0.05) is 0 Å². The van der Waals surface area contributed by atoms with Crippen LogP contribution in [0.5, 0.6) is 0 Å². The van der Waals surface area contributed by atoms with E-state index in [4.69, 9.17) is 30.0 Å². The number of hydrogen-bond acceptors (Lipinski definition) is 17. The number of anilines is 1. The first-order valence-corrected chi connectivity index (χ1v) is 17.9. The first kappa shape index (κ1) is 40.5. The van der Waals surface area contributed by atoms with E-state index in [1.54, 1.807) is 0 Å². The van der Waals surface area contributed by atoms with Gasteiger partial charge in [-0.3, -0.25) is 22.9 Å². The molecule has 24 nitrogen and oxygen atoms in total. The number of nitrogen functional groups attached to an aromatic ring is 1. The SMILES string of the molecule is NC(=O)c1ccc[n+]([C@@H]2O[C@H](COP(=O)(O)OP(=O)(O)OC[C@H]3O[C@@H](n4cnc5c(N)ncnc54)[C@H](OP(=O)(O)O)[C@@H]3O)[C@@H](O)[C@H]2O)c1.[K+]. The van der Waals surface area contributed by atoms with Gasteiger partial charge in [-0.25, -0.2) is 28.6 Å². The van der Waals surface area contributed by atoms with Crippen molar-refractivity contribution in [3.05, 3.63) is 42.7 Å². The van der Waals surface area contributed by atoms with Crippen LogP contribution >= 0.6 is 23.5 Å². The summed E-state index contributed by atoms with van der Waals surface area (Å²) in [7, 11) is -16.3. The number of primary amides is 1. The summed E-state index contributed by atoms with van der Waals surface area (Å²) in [6, 6.07) is 2.79. The third kappa shape index (κ3) is 9.61. The number of carbonyl (C=O) groups is 1. The van der Waals surface area contributed by atoms with Crippen molar-refractivity contribution in [2.24, 2.45) is 5.73 Å². The Bertz CT molecular complexity index is 1820. The molecule has 10 atom stereocenters. The van der Waals surface area contributed by atoms with E-state index in [0.717, 1.165) is 17.2 Å². The monoisotopic (exact) mass is 783 g/mol. The van der Waals surface area contributed by atoms with E-state index in [-0.39, 0.29) is 73.9 Å². The number of aromatic nitrogens is 5. The second-order valence-corrected chi connectivity index (χ2v) is 14.5. The molecule has 5 rings (SSSR count). The van der Waals surface area contributed by atoms with E-state index in [1.807, 2.05) is 0 Å². The van der Waals surface area contributed by atoms with Gasteiger partial charge in [0.1, 0.15) is 47.9 Å². The topological polar surface area (TPSA) is 365 Å². The molecule has 11 N–H and O–H groups in total. The van der Waals surface area contributed by atoms with Crippen LogP contribution in [0.15, 0.2) is 37.2 Å². The second kappa shape index (κ2) is 15.8. The van der Waals surface area contributed by atoms with Gasteiger partial charge in [0.15, 0.2) is 36.2 Å². The molecule has 0 bridgehead atoms. The van der Waals surface area contributed by atoms with Gasteiger partial charge < -0.3 is 55.8 Å². The fraction of sp³-hybridized carbons (Fsp3) is 0.476. The van der Waals surface area contributed by atoms with E-state index in [9.17, 15) is 53.4 Å². The third-order valence-corrected chi connectivity index (χ3v) is 10.1. The van der Waals surface area contributed by atoms with Crippen LogP contribution < -0.4 is 67.4 Å². The summed E-state index contributed by atoms with van der Waals surface area (Å²) in [6.07, 6.45) is -8.39. The summed E-state index contributed by atoms with van der Waals surface area (Å²) in [5.41, 5.74) is 11.1. The Kier molecular flexibility index (Phi) is 13.1. The Morgan fingerprint density at radius 2 is 1.59 bits per heavy atom. The molecular formula is C21H29KN7O17P3+2. The fourth-order valence-corrected chi connectivity index (χ4v) is 7.47. The Morgan fingerprint density at radius 3 is 2.20 bits per heavy atom. The van der Waals surface area contributed by atoms with Crippen molar-refractivity contribution in [2.75, 3.05) is 18.9 Å². The minimum atomic E-state index is -5.52. The number of pyridine rings is 1. The normalized spacial score (nSPS) is 29.7. The molecule has 5 heterocycles. The molecule has 2 saturated heterocycles. The number of fused-ring (bicyclic) bond motifs is 1. The number of carbonyl (C=O) groups excluding carboxylic acids is 1. The summed E-state index contributed by atoms with van der Waals surface area (Å²) in [5, 5.41) is 31.5. The van der Waals surface area contributed by atoms with Gasteiger partial charge in [0.05, 0.1) is 19.5 Å². The van der Waals surface area contributed by atoms with Crippen molar-refractivity contribution in [3.8, 4) is 0 Å². The average Bonchev–Trinajstić information content (AvgIpc) is 3.64. The maximum absolute atomic E-state index is 12.6. The van der Waals surface area contributed by atoms with Crippen LogP contribution in [0.3, 0.4) is 0 Å². The van der Waals surface area contributed by atoms with Gasteiger partial charge in [-0.15, -0.1) is 0 Å². The summed E-state index contributed by atoms with van der Waals surface area (Å²) in [4.78, 5) is 62.2. The molecule has 2 aliphatic rings. The van der Waals surface area contributed by atoms with E-state index in [1.165, 1.54) is 29.1 Å². The quantitative estimate of drug-likeness (QED) is 0.0443. The van der Waals surface area contributed by atoms with Crippen LogP contribution in [0.1, 0.15) is 22.8 Å². The predicted molar refractivity (Wildman–Crippen MR) is 150 cm³/mol. The molecule has 3 aromatic rings. The maximum atomic E-state index is 12.6. The number of phosphoric ester groups is 3. The minimum absolute atomic E-state index is 0. The van der Waals surface area contributed by atoms with Gasteiger partial charge in [-0.2, -0.15) is 8.88 Å². The number of rotatable bonds is 13. The Balaban J connectivity index is 0.00000541. The van der Waals surface area contributed by atoms with E-state index in [2.05, 4.69) is 23.8 Å². The van der Waals surface area contributed by atoms with Gasteiger partial charge in [0, 0.05) is 6.07 Å². The first-order valence-electron chi connectivity index (χ1n) is 13.3. The largest absolute Gasteiger partial charge is 1.00 e. The number of hydrogen-bond donors (Lipinski definition) is 9. The van der Waals surface area contributed by atoms with Gasteiger partial charge in [-0.05, 0) is 6.07 Å². The first-order chi connectivity index (χ1) is 22.4. The molecule has 264 valence electrons. The Labute approximate surface area is 316 Å². The van der Waals surface area contributed by atoms with Gasteiger partial charge >= 0.3 is 74.9 Å². The molecule has 3 aromatic heterocycles. The number of amides is 1. The molecule has 2 unspecified atom stereocenters. The smallest absolute Gasteiger partial charge is 0.387 e. The zero-order valence-corrected chi connectivity index (χ0v) is 30.7. The molecule has 0 radical (unpaired) electrons. The second-order valence-electron chi connectivity index (χ2n) is 10.3. The average molecular weight is 784 g/mol. The number of nitrogens with two attached hydrogens (primary N) is 2. The molecule has 0 aromatic carbocycles. The molecular weight excluding hydrogens is 754 g/mol. The number of aliphatic hydroxyl groups excluding tert-OH is 3. The van der Waals surface area contributed by atoms with Crippen LogP contribution in [0.25, 0.3) is 11.2 Å². The van der Waals surface area contributed by atoms with Crippen molar-refractivity contribution >= 4 is 46.4 Å². The number of ether oxygens (including phenoxy) is 2. The van der Waals surface area contributed by atoms with Crippen LogP contribution in [0.4, 0.5) is 5.82 Å². The summed E-state index contributed by atoms with van der Waals surface area (Å²) in [5.74, 6) is -0.848. The van der Waals surface area contributed by atoms with Crippen molar-refractivity contribution in [2.45, 2.75) is 49.1 Å². The van der Waals surface area contributed by atoms with Crippen molar-refractivity contribution < 1.29 is 137 Å². The van der Waals surface area contributed by atoms with Crippen LogP contribution in [-0.2, 0) is 41.1 Å². The van der Waals surface area contributed by atoms with E-state index in [0.29, 0.717) is 0 Å². The summed E-state index contributed by atoms with van der Waals surface area (Å²) >= 11 is 0. The van der Waals surface area contributed by atoms with E-state index < -0.39 is 91.7 Å². The number of aliphatic hydroxyl groups is 3. The van der Waals surface area contributed by atoms with Crippen LogP contribution in [0, 0.1) is 0 Å². The summed E-state index contributed by atoms with van der Waals surface area (Å²) < 4.78 is 68.4. The van der Waals surface area contributed by atoms with Crippen LogP contribution in [-0.4, -0.2) is 110 Å². The maximum Gasteiger partial charge on any atom is 1.00 e. The molecule has 1 amide bonds. The molecule has 2 aliphatic heterocycles. The Hall–Kier alpha value is -1.22. The number of imidazole rings is 1. The Morgan fingerprint density at radius 1 is 0.959 bits per heavy atom. The molecule has 49 heavy (non-hydrogen) atoms. The van der Waals surface area contributed by atoms with Crippen molar-refractivity contribution in [1.82, 2.24) is 19.5 Å². The predicted octanol–water partition coefficient (Wildman–Crippen LogP) is -5.89. The van der Waals surface area contributed by atoms with Gasteiger partial charge in [0.2, 0.25) is 0 Å². The zero-order valence-electron chi connectivity index (χ0n) is 24.9. The summed E-state index contributed by atoms with van der Waals surface area (Å²) in [6.45, 7) is -2.03. The number of phosphoric acid groups is 3. The number of nitrogens with zero attached hydrogens (tertiary/aromatic N) is 5. The molecule has 0 saturated carbocycles. The third-order valence-electron chi connectivity index (χ3n) is 6.98. The van der Waals surface area contributed by atoms with E-state index >= 15 is 0 Å². The standard InChI is InChI=1S/C21H28N7O17P3.K/c22-17-12-19(25-7-24-17)28(8-26-12)21-16(44-46(33,34)35)14(30)11(43-21)6-41-48(38,39)45-47(36,37)40-5-10-13(29)15(31)20(42-10)27-3-1-2-9(4-27)18(23)32;/h1-4,7-8,10-11,13-16,20-21,29-31H,5-6H2,(H7-,22,23,24,25,32,33,34,35,36,37,38,39);/q;+1/p+1/t10-,11-,13-,14-,15-,16-,20-,21-;/m1./s1. The zero-order chi connectivity index (χ0) is 35.2.